The van der Waals surface area contributed by atoms with Crippen LogP contribution in [0.25, 0.3) is 0 Å². The van der Waals surface area contributed by atoms with Gasteiger partial charge in [-0.2, -0.15) is 13.2 Å². The number of piperidine rings is 1. The molecule has 2 fully saturated rings. The highest BCUT2D eigenvalue weighted by Crippen LogP contribution is 2.48. The number of hydrogen-bond acceptors (Lipinski definition) is 4. The predicted octanol–water partition coefficient (Wildman–Crippen LogP) is 4.22. The highest BCUT2D eigenvalue weighted by Gasteiger charge is 2.51. The average Bonchev–Trinajstić information content (AvgIpc) is 3.24. The molecule has 0 radical (unpaired) electrons. The van der Waals surface area contributed by atoms with Gasteiger partial charge in [-0.1, -0.05) is 20.8 Å². The third-order valence-corrected chi connectivity index (χ3v) is 8.48. The molecule has 0 spiro atoms. The van der Waals surface area contributed by atoms with E-state index in [-0.39, 0.29) is 36.2 Å². The van der Waals surface area contributed by atoms with Crippen molar-refractivity contribution in [3.8, 4) is 0 Å². The summed E-state index contributed by atoms with van der Waals surface area (Å²) in [5.74, 6) is -0.872. The lowest BCUT2D eigenvalue weighted by Crippen LogP contribution is -2.50. The maximum absolute atomic E-state index is 13.9. The number of hydrogen-bond donors (Lipinski definition) is 1. The molecule has 3 aliphatic rings. The smallest absolute Gasteiger partial charge is 0.417 e. The highest BCUT2D eigenvalue weighted by molar-refractivity contribution is 5.84. The van der Waals surface area contributed by atoms with Gasteiger partial charge >= 0.3 is 12.1 Å². The number of carbonyl (C=O) groups is 2. The molecule has 0 bridgehead atoms. The number of amides is 1. The van der Waals surface area contributed by atoms with E-state index in [0.29, 0.717) is 43.6 Å². The van der Waals surface area contributed by atoms with Crippen LogP contribution in [-0.2, 0) is 28.7 Å². The largest absolute Gasteiger partial charge is 0.481 e. The number of aliphatic carboxylic acids is 1. The predicted molar refractivity (Wildman–Crippen MR) is 120 cm³/mol. The van der Waals surface area contributed by atoms with E-state index in [1.165, 1.54) is 0 Å². The fourth-order valence-electron chi connectivity index (χ4n) is 6.27. The van der Waals surface area contributed by atoms with Crippen LogP contribution in [0.15, 0.2) is 12.3 Å². The zero-order valence-electron chi connectivity index (χ0n) is 20.1. The molecule has 1 aromatic heterocycles. The Morgan fingerprint density at radius 1 is 1.24 bits per heavy atom. The minimum Gasteiger partial charge on any atom is -0.481 e. The first-order valence-electron chi connectivity index (χ1n) is 12.2. The van der Waals surface area contributed by atoms with Gasteiger partial charge in [0.25, 0.3) is 0 Å². The number of rotatable bonds is 4. The summed E-state index contributed by atoms with van der Waals surface area (Å²) in [6.07, 6.45) is -0.189. The SMILES string of the molecule is CC1CN(C2CC[C@@](C(=O)N3CCc4ncc(C(F)(F)F)cc4C3)(C(C)C)C2)CCC1C(=O)O. The van der Waals surface area contributed by atoms with Crippen molar-refractivity contribution in [2.75, 3.05) is 19.6 Å². The molecule has 4 rings (SSSR count). The molecule has 2 aliphatic heterocycles. The summed E-state index contributed by atoms with van der Waals surface area (Å²) in [7, 11) is 0. The zero-order valence-corrected chi connectivity index (χ0v) is 20.1. The van der Waals surface area contributed by atoms with Crippen molar-refractivity contribution in [2.45, 2.75) is 71.6 Å². The summed E-state index contributed by atoms with van der Waals surface area (Å²) in [5.41, 5.74) is -0.217. The molecule has 1 saturated carbocycles. The van der Waals surface area contributed by atoms with E-state index in [2.05, 4.69) is 23.7 Å². The van der Waals surface area contributed by atoms with Crippen molar-refractivity contribution in [3.63, 3.8) is 0 Å². The Kier molecular flexibility index (Phi) is 6.70. The Bertz CT molecular complexity index is 951. The Hall–Kier alpha value is -2.16. The molecule has 3 unspecified atom stereocenters. The topological polar surface area (TPSA) is 73.7 Å². The van der Waals surface area contributed by atoms with Crippen LogP contribution in [0.1, 0.15) is 63.3 Å². The van der Waals surface area contributed by atoms with Crippen LogP contribution in [0.4, 0.5) is 13.2 Å². The van der Waals surface area contributed by atoms with Crippen LogP contribution < -0.4 is 0 Å². The number of aromatic nitrogens is 1. The Morgan fingerprint density at radius 3 is 2.59 bits per heavy atom. The van der Waals surface area contributed by atoms with Gasteiger partial charge in [-0.15, -0.1) is 0 Å². The normalized spacial score (nSPS) is 30.4. The van der Waals surface area contributed by atoms with Crippen LogP contribution in [0.3, 0.4) is 0 Å². The first kappa shape index (κ1) is 24.9. The minimum absolute atomic E-state index is 0.0292. The van der Waals surface area contributed by atoms with Gasteiger partial charge in [-0.25, -0.2) is 0 Å². The van der Waals surface area contributed by atoms with Gasteiger partial charge in [0.05, 0.1) is 16.9 Å². The fourth-order valence-corrected chi connectivity index (χ4v) is 6.27. The van der Waals surface area contributed by atoms with E-state index in [0.717, 1.165) is 31.6 Å². The summed E-state index contributed by atoms with van der Waals surface area (Å²) < 4.78 is 39.6. The Balaban J connectivity index is 1.49. The number of fused-ring (bicyclic) bond motifs is 1. The number of alkyl halides is 3. The molecule has 34 heavy (non-hydrogen) atoms. The van der Waals surface area contributed by atoms with Crippen LogP contribution in [0, 0.1) is 23.2 Å². The molecule has 1 N–H and O–H groups in total. The van der Waals surface area contributed by atoms with E-state index >= 15 is 0 Å². The van der Waals surface area contributed by atoms with E-state index in [9.17, 15) is 27.9 Å². The van der Waals surface area contributed by atoms with Crippen molar-refractivity contribution >= 4 is 11.9 Å². The Morgan fingerprint density at radius 2 is 1.97 bits per heavy atom. The maximum atomic E-state index is 13.9. The average molecular weight is 482 g/mol. The van der Waals surface area contributed by atoms with Gasteiger partial charge in [-0.3, -0.25) is 14.6 Å². The van der Waals surface area contributed by atoms with E-state index in [4.69, 9.17) is 0 Å². The summed E-state index contributed by atoms with van der Waals surface area (Å²) in [4.78, 5) is 33.5. The molecule has 9 heteroatoms. The summed E-state index contributed by atoms with van der Waals surface area (Å²) in [5, 5.41) is 9.43. The van der Waals surface area contributed by atoms with Crippen molar-refractivity contribution < 1.29 is 27.9 Å². The number of carbonyl (C=O) groups excluding carboxylic acids is 1. The van der Waals surface area contributed by atoms with Crippen molar-refractivity contribution in [2.24, 2.45) is 23.2 Å². The molecule has 1 amide bonds. The highest BCUT2D eigenvalue weighted by atomic mass is 19.4. The van der Waals surface area contributed by atoms with Crippen LogP contribution in [0.2, 0.25) is 0 Å². The first-order valence-corrected chi connectivity index (χ1v) is 12.2. The molecular weight excluding hydrogens is 447 g/mol. The molecule has 1 saturated heterocycles. The van der Waals surface area contributed by atoms with Crippen LogP contribution in [-0.4, -0.2) is 57.4 Å². The number of carboxylic acids is 1. The number of halogens is 3. The van der Waals surface area contributed by atoms with Gasteiger partial charge in [0.2, 0.25) is 5.91 Å². The monoisotopic (exact) mass is 481 g/mol. The molecule has 6 nitrogen and oxygen atoms in total. The first-order chi connectivity index (χ1) is 15.9. The second-order valence-electron chi connectivity index (χ2n) is 10.7. The zero-order chi connectivity index (χ0) is 24.8. The van der Waals surface area contributed by atoms with E-state index in [1.54, 1.807) is 4.90 Å². The molecule has 1 aliphatic carbocycles. The van der Waals surface area contributed by atoms with E-state index < -0.39 is 23.1 Å². The van der Waals surface area contributed by atoms with Crippen molar-refractivity contribution in [1.82, 2.24) is 14.8 Å². The molecule has 0 aromatic carbocycles. The standard InChI is InChI=1S/C25H34F3N3O3/c1-15(2)24(7-4-19(11-24)30-8-5-20(22(32)33)16(3)13-30)23(34)31-9-6-21-17(14-31)10-18(12-29-21)25(26,27)28/h10,12,15-16,19-20H,4-9,11,13-14H2,1-3H3,(H,32,33)/t16?,19?,20?,24-/m0/s1. The van der Waals surface area contributed by atoms with Gasteiger partial charge in [0, 0.05) is 44.0 Å². The minimum atomic E-state index is -4.46. The lowest BCUT2D eigenvalue weighted by Gasteiger charge is -2.42. The third-order valence-electron chi connectivity index (χ3n) is 8.48. The summed E-state index contributed by atoms with van der Waals surface area (Å²) in [6, 6.07) is 1.36. The fraction of sp³-hybridized carbons (Fsp3) is 0.720. The van der Waals surface area contributed by atoms with E-state index in [1.807, 2.05) is 6.92 Å². The lowest BCUT2D eigenvalue weighted by atomic mass is 9.73. The molecule has 1 aromatic rings. The number of pyridine rings is 1. The number of likely N-dealkylation sites (tertiary alicyclic amines) is 1. The van der Waals surface area contributed by atoms with Gasteiger partial charge in [0.1, 0.15) is 0 Å². The maximum Gasteiger partial charge on any atom is 0.417 e. The molecule has 188 valence electrons. The second kappa shape index (κ2) is 9.13. The quantitative estimate of drug-likeness (QED) is 0.697. The Labute approximate surface area is 198 Å². The van der Waals surface area contributed by atoms with Gasteiger partial charge in [0.15, 0.2) is 0 Å². The van der Waals surface area contributed by atoms with Crippen LogP contribution >= 0.6 is 0 Å². The molecular formula is C25H34F3N3O3. The molecule has 4 atom stereocenters. The molecule has 3 heterocycles. The van der Waals surface area contributed by atoms with Gasteiger partial charge < -0.3 is 14.9 Å². The summed E-state index contributed by atoms with van der Waals surface area (Å²) in [6.45, 7) is 8.15. The third kappa shape index (κ3) is 4.55. The van der Waals surface area contributed by atoms with Crippen molar-refractivity contribution in [1.29, 1.82) is 0 Å². The van der Waals surface area contributed by atoms with Crippen molar-refractivity contribution in [3.05, 3.63) is 29.1 Å². The van der Waals surface area contributed by atoms with Gasteiger partial charge in [-0.05, 0) is 55.7 Å². The second-order valence-corrected chi connectivity index (χ2v) is 10.7. The number of nitrogens with zero attached hydrogens (tertiary/aromatic N) is 3. The number of carboxylic acid groups (broad SMARTS) is 1. The summed E-state index contributed by atoms with van der Waals surface area (Å²) >= 11 is 0. The lowest BCUT2D eigenvalue weighted by molar-refractivity contribution is -0.146. The van der Waals surface area contributed by atoms with Crippen LogP contribution in [0.5, 0.6) is 0 Å².